The number of methoxy groups -OCH3 is 1. The van der Waals surface area contributed by atoms with Crippen LogP contribution < -0.4 is 16.3 Å². The van der Waals surface area contributed by atoms with E-state index >= 15 is 0 Å². The van der Waals surface area contributed by atoms with Gasteiger partial charge in [0.05, 0.1) is 30.5 Å². The smallest absolute Gasteiger partial charge is 0.407 e. The van der Waals surface area contributed by atoms with Gasteiger partial charge in [-0.15, -0.1) is 0 Å². The Bertz CT molecular complexity index is 1140. The van der Waals surface area contributed by atoms with E-state index in [4.69, 9.17) is 9.47 Å². The molecule has 2 aromatic rings. The second-order valence-electron chi connectivity index (χ2n) is 11.8. The number of aromatic hydroxyl groups is 1. The zero-order chi connectivity index (χ0) is 32.7. The summed E-state index contributed by atoms with van der Waals surface area (Å²) in [7, 11) is 1.64. The number of amides is 2. The predicted molar refractivity (Wildman–Crippen MR) is 177 cm³/mol. The Labute approximate surface area is 269 Å². The normalized spacial score (nSPS) is 12.5. The number of carbonyl (C=O) groups is 2. The third-order valence-electron chi connectivity index (χ3n) is 8.21. The summed E-state index contributed by atoms with van der Waals surface area (Å²) >= 11 is 0. The van der Waals surface area contributed by atoms with Crippen molar-refractivity contribution in [3.63, 3.8) is 0 Å². The first-order chi connectivity index (χ1) is 21.9. The van der Waals surface area contributed by atoms with Crippen LogP contribution >= 0.6 is 0 Å². The number of alkyl carbamates (subject to hydrolysis) is 1. The lowest BCUT2D eigenvalue weighted by molar-refractivity contribution is 0.0714. The highest BCUT2D eigenvalue weighted by atomic mass is 16.5. The highest BCUT2D eigenvalue weighted by molar-refractivity contribution is 5.93. The molecule has 254 valence electrons. The maximum Gasteiger partial charge on any atom is 0.407 e. The minimum Gasteiger partial charge on any atom is -0.493 e. The van der Waals surface area contributed by atoms with E-state index in [-0.39, 0.29) is 50.2 Å². The first kappa shape index (κ1) is 37.8. The van der Waals surface area contributed by atoms with Gasteiger partial charge in [0.15, 0.2) is 0 Å². The van der Waals surface area contributed by atoms with Crippen LogP contribution in [0, 0.1) is 0 Å². The minimum atomic E-state index is -0.517. The second kappa shape index (κ2) is 23.1. The molecule has 2 aromatic heterocycles. The first-order valence-corrected chi connectivity index (χ1v) is 17.0. The zero-order valence-electron chi connectivity index (χ0n) is 27.8. The summed E-state index contributed by atoms with van der Waals surface area (Å²) in [5.41, 5.74) is 0.0243. The number of nitrogens with one attached hydrogen (secondary N) is 2. The Morgan fingerprint density at radius 1 is 0.956 bits per heavy atom. The molecule has 45 heavy (non-hydrogen) atoms. The largest absolute Gasteiger partial charge is 0.493 e. The molecule has 0 aliphatic rings. The molecule has 0 saturated heterocycles. The van der Waals surface area contributed by atoms with Crippen molar-refractivity contribution in [2.75, 3.05) is 20.3 Å². The van der Waals surface area contributed by atoms with E-state index in [9.17, 15) is 19.5 Å². The second-order valence-corrected chi connectivity index (χ2v) is 11.8. The molecule has 0 aliphatic heterocycles. The molecule has 0 aliphatic carbocycles. The number of aromatic nitrogens is 3. The van der Waals surface area contributed by atoms with Crippen molar-refractivity contribution >= 4 is 12.0 Å². The Hall–Kier alpha value is -3.34. The van der Waals surface area contributed by atoms with Crippen LogP contribution in [-0.4, -0.2) is 63.6 Å². The first-order valence-electron chi connectivity index (χ1n) is 17.0. The van der Waals surface area contributed by atoms with E-state index in [1.165, 1.54) is 92.2 Å². The highest BCUT2D eigenvalue weighted by Gasteiger charge is 2.20. The fourth-order valence-corrected chi connectivity index (χ4v) is 5.33. The van der Waals surface area contributed by atoms with Crippen molar-refractivity contribution in [1.29, 1.82) is 0 Å². The molecule has 11 nitrogen and oxygen atoms in total. The molecule has 2 unspecified atom stereocenters. The Kier molecular flexibility index (Phi) is 19.4. The molecular weight excluding hydrogens is 574 g/mol. The molecule has 0 radical (unpaired) electrons. The summed E-state index contributed by atoms with van der Waals surface area (Å²) in [4.78, 5) is 41.2. The summed E-state index contributed by atoms with van der Waals surface area (Å²) in [6.45, 7) is 4.88. The number of unbranched alkanes of at least 4 members (excludes halogenated alkanes) is 12. The van der Waals surface area contributed by atoms with E-state index in [1.807, 2.05) is 6.92 Å². The van der Waals surface area contributed by atoms with Crippen LogP contribution in [0.1, 0.15) is 121 Å². The SMILES string of the molecule is CCCCCCCCCCCCCCCC(NC(=O)OCCCn1c(O)cn(CCNC(=O)c2cccnc2)c1=O)C(C)OC. The number of pyridine rings is 1. The molecule has 2 rings (SSSR count). The molecule has 2 amide bonds. The van der Waals surface area contributed by atoms with E-state index in [0.717, 1.165) is 19.3 Å². The van der Waals surface area contributed by atoms with Crippen molar-refractivity contribution in [3.8, 4) is 5.88 Å². The van der Waals surface area contributed by atoms with Crippen LogP contribution in [0.25, 0.3) is 0 Å². The molecule has 11 heteroatoms. The monoisotopic (exact) mass is 631 g/mol. The maximum absolute atomic E-state index is 12.7. The van der Waals surface area contributed by atoms with Gasteiger partial charge in [-0.3, -0.25) is 18.9 Å². The van der Waals surface area contributed by atoms with Gasteiger partial charge < -0.3 is 25.2 Å². The van der Waals surface area contributed by atoms with Crippen LogP contribution in [0.5, 0.6) is 5.88 Å². The lowest BCUT2D eigenvalue weighted by atomic mass is 10.0. The van der Waals surface area contributed by atoms with Gasteiger partial charge in [-0.25, -0.2) is 9.59 Å². The maximum atomic E-state index is 12.7. The third kappa shape index (κ3) is 15.5. The number of imidazole rings is 1. The zero-order valence-corrected chi connectivity index (χ0v) is 27.8. The van der Waals surface area contributed by atoms with E-state index in [1.54, 1.807) is 25.4 Å². The average molecular weight is 632 g/mol. The summed E-state index contributed by atoms with van der Waals surface area (Å²) in [5.74, 6) is -0.475. The van der Waals surface area contributed by atoms with Crippen LogP contribution in [0.15, 0.2) is 35.5 Å². The van der Waals surface area contributed by atoms with Crippen LogP contribution in [-0.2, 0) is 22.6 Å². The number of hydrogen-bond donors (Lipinski definition) is 3. The van der Waals surface area contributed by atoms with Crippen LogP contribution in [0.2, 0.25) is 0 Å². The molecule has 0 spiro atoms. The van der Waals surface area contributed by atoms with Crippen molar-refractivity contribution in [2.24, 2.45) is 0 Å². The Morgan fingerprint density at radius 2 is 1.60 bits per heavy atom. The summed E-state index contributed by atoms with van der Waals surface area (Å²) in [6.07, 6.45) is 21.7. The standard InChI is InChI=1S/C34H57N5O6/c1-4-5-6-7-8-9-10-11-12-13-14-15-16-20-30(28(2)44-3)37-33(42)45-25-18-23-39-31(40)27-38(34(39)43)24-22-36-32(41)29-19-17-21-35-26-29/h17,19,21,26-28,30,40H,4-16,18,20,22-25H2,1-3H3,(H,36,41)(H,37,42). The fourth-order valence-electron chi connectivity index (χ4n) is 5.33. The van der Waals surface area contributed by atoms with Gasteiger partial charge in [0.1, 0.15) is 0 Å². The summed E-state index contributed by atoms with van der Waals surface area (Å²) in [6, 6.07) is 3.18. The predicted octanol–water partition coefficient (Wildman–Crippen LogP) is 6.18. The lowest BCUT2D eigenvalue weighted by Gasteiger charge is -2.24. The van der Waals surface area contributed by atoms with Gasteiger partial charge in [0.25, 0.3) is 5.91 Å². The lowest BCUT2D eigenvalue weighted by Crippen LogP contribution is -2.43. The van der Waals surface area contributed by atoms with Gasteiger partial charge in [-0.2, -0.15) is 0 Å². The number of hydrogen-bond acceptors (Lipinski definition) is 7. The number of carbonyl (C=O) groups excluding carboxylic acids is 2. The van der Waals surface area contributed by atoms with E-state index < -0.39 is 11.8 Å². The molecule has 0 bridgehead atoms. The van der Waals surface area contributed by atoms with Gasteiger partial charge in [0, 0.05) is 39.1 Å². The third-order valence-corrected chi connectivity index (χ3v) is 8.21. The number of nitrogens with zero attached hydrogens (tertiary/aromatic N) is 3. The van der Waals surface area contributed by atoms with Crippen molar-refractivity contribution in [2.45, 2.75) is 135 Å². The van der Waals surface area contributed by atoms with Crippen molar-refractivity contribution in [3.05, 3.63) is 46.8 Å². The molecule has 2 atom stereocenters. The summed E-state index contributed by atoms with van der Waals surface area (Å²) in [5, 5.41) is 15.9. The van der Waals surface area contributed by atoms with E-state index in [0.29, 0.717) is 12.0 Å². The topological polar surface area (TPSA) is 137 Å². The van der Waals surface area contributed by atoms with Crippen LogP contribution in [0.3, 0.4) is 0 Å². The molecular formula is C34H57N5O6. The molecule has 0 saturated carbocycles. The Morgan fingerprint density at radius 3 is 2.20 bits per heavy atom. The van der Waals surface area contributed by atoms with E-state index in [2.05, 4.69) is 22.5 Å². The van der Waals surface area contributed by atoms with Gasteiger partial charge in [0.2, 0.25) is 5.88 Å². The summed E-state index contributed by atoms with van der Waals surface area (Å²) < 4.78 is 13.4. The van der Waals surface area contributed by atoms with Crippen molar-refractivity contribution in [1.82, 2.24) is 24.8 Å². The molecule has 0 aromatic carbocycles. The van der Waals surface area contributed by atoms with Gasteiger partial charge in [-0.05, 0) is 31.9 Å². The minimum absolute atomic E-state index is 0.0941. The highest BCUT2D eigenvalue weighted by Crippen LogP contribution is 2.15. The quantitative estimate of drug-likeness (QED) is 0.111. The molecule has 0 fully saturated rings. The molecule has 2 heterocycles. The number of rotatable bonds is 25. The number of ether oxygens (including phenoxy) is 2. The van der Waals surface area contributed by atoms with Crippen molar-refractivity contribution < 1.29 is 24.2 Å². The Balaban J connectivity index is 1.60. The molecule has 3 N–H and O–H groups in total. The van der Waals surface area contributed by atoms with Gasteiger partial charge in [-0.1, -0.05) is 90.4 Å². The fraction of sp³-hybridized carbons (Fsp3) is 0.706. The van der Waals surface area contributed by atoms with Crippen LogP contribution in [0.4, 0.5) is 4.79 Å². The van der Waals surface area contributed by atoms with Gasteiger partial charge >= 0.3 is 11.8 Å². The average Bonchev–Trinajstić information content (AvgIpc) is 3.32.